The first-order valence-electron chi connectivity index (χ1n) is 7.16. The molecule has 3 unspecified atom stereocenters. The predicted octanol–water partition coefficient (Wildman–Crippen LogP) is 1.44. The van der Waals surface area contributed by atoms with Crippen LogP contribution in [-0.4, -0.2) is 30.7 Å². The van der Waals surface area contributed by atoms with E-state index in [0.717, 1.165) is 38.7 Å². The Kier molecular flexibility index (Phi) is 4.28. The molecule has 2 fully saturated rings. The van der Waals surface area contributed by atoms with Crippen molar-refractivity contribution in [1.82, 2.24) is 5.32 Å². The van der Waals surface area contributed by atoms with Crippen molar-refractivity contribution in [3.8, 4) is 0 Å². The monoisotopic (exact) mass is 254 g/mol. The highest BCUT2D eigenvalue weighted by Crippen LogP contribution is 2.32. The first kappa shape index (κ1) is 13.8. The van der Waals surface area contributed by atoms with Crippen LogP contribution in [0.15, 0.2) is 0 Å². The average Bonchev–Trinajstić information content (AvgIpc) is 2.75. The molecule has 1 saturated heterocycles. The summed E-state index contributed by atoms with van der Waals surface area (Å²) < 4.78 is 5.67. The molecule has 0 spiro atoms. The molecule has 4 heteroatoms. The molecule has 1 amide bonds. The second-order valence-electron chi connectivity index (χ2n) is 6.34. The second kappa shape index (κ2) is 5.57. The SMILES string of the molecule is CC1(C)CC(NC(=O)C2CCCC2CN)CCO1. The third-order valence-electron chi connectivity index (χ3n) is 4.34. The van der Waals surface area contributed by atoms with Crippen molar-refractivity contribution in [1.29, 1.82) is 0 Å². The zero-order chi connectivity index (χ0) is 13.2. The van der Waals surface area contributed by atoms with Gasteiger partial charge in [0.2, 0.25) is 5.91 Å². The number of carbonyl (C=O) groups excluding carboxylic acids is 1. The number of rotatable bonds is 3. The van der Waals surface area contributed by atoms with Crippen LogP contribution in [0.5, 0.6) is 0 Å². The highest BCUT2D eigenvalue weighted by atomic mass is 16.5. The number of hydrogen-bond acceptors (Lipinski definition) is 3. The molecule has 2 aliphatic rings. The number of ether oxygens (including phenoxy) is 1. The summed E-state index contributed by atoms with van der Waals surface area (Å²) in [6.07, 6.45) is 5.07. The van der Waals surface area contributed by atoms with Crippen LogP contribution in [0.3, 0.4) is 0 Å². The Balaban J connectivity index is 1.87. The number of carbonyl (C=O) groups is 1. The van der Waals surface area contributed by atoms with Gasteiger partial charge in [-0.25, -0.2) is 0 Å². The number of nitrogens with one attached hydrogen (secondary N) is 1. The van der Waals surface area contributed by atoms with Gasteiger partial charge in [0.25, 0.3) is 0 Å². The van der Waals surface area contributed by atoms with E-state index in [1.807, 2.05) is 0 Å². The number of hydrogen-bond donors (Lipinski definition) is 2. The van der Waals surface area contributed by atoms with Gasteiger partial charge in [-0.3, -0.25) is 4.79 Å². The van der Waals surface area contributed by atoms with Gasteiger partial charge in [0.1, 0.15) is 0 Å². The first-order valence-corrected chi connectivity index (χ1v) is 7.16. The van der Waals surface area contributed by atoms with Crippen molar-refractivity contribution < 1.29 is 9.53 Å². The lowest BCUT2D eigenvalue weighted by molar-refractivity contribution is -0.128. The summed E-state index contributed by atoms with van der Waals surface area (Å²) in [7, 11) is 0. The number of nitrogens with two attached hydrogens (primary N) is 1. The van der Waals surface area contributed by atoms with Gasteiger partial charge in [0.15, 0.2) is 0 Å². The highest BCUT2D eigenvalue weighted by Gasteiger charge is 2.35. The van der Waals surface area contributed by atoms with Gasteiger partial charge >= 0.3 is 0 Å². The van der Waals surface area contributed by atoms with Crippen molar-refractivity contribution in [2.45, 2.75) is 57.6 Å². The maximum absolute atomic E-state index is 12.3. The van der Waals surface area contributed by atoms with Crippen molar-refractivity contribution in [2.75, 3.05) is 13.2 Å². The maximum Gasteiger partial charge on any atom is 0.223 e. The fraction of sp³-hybridized carbons (Fsp3) is 0.929. The lowest BCUT2D eigenvalue weighted by Gasteiger charge is -2.36. The highest BCUT2D eigenvalue weighted by molar-refractivity contribution is 5.79. The van der Waals surface area contributed by atoms with E-state index in [-0.39, 0.29) is 23.5 Å². The van der Waals surface area contributed by atoms with Crippen LogP contribution in [-0.2, 0) is 9.53 Å². The van der Waals surface area contributed by atoms with Crippen molar-refractivity contribution >= 4 is 5.91 Å². The molecule has 18 heavy (non-hydrogen) atoms. The van der Waals surface area contributed by atoms with Crippen molar-refractivity contribution in [3.63, 3.8) is 0 Å². The first-order chi connectivity index (χ1) is 8.52. The van der Waals surface area contributed by atoms with Crippen LogP contribution in [0.1, 0.15) is 46.0 Å². The molecule has 104 valence electrons. The topological polar surface area (TPSA) is 64.4 Å². The Labute approximate surface area is 110 Å². The van der Waals surface area contributed by atoms with E-state index in [1.54, 1.807) is 0 Å². The minimum atomic E-state index is -0.112. The van der Waals surface area contributed by atoms with Crippen LogP contribution in [0.25, 0.3) is 0 Å². The van der Waals surface area contributed by atoms with Crippen LogP contribution in [0, 0.1) is 11.8 Å². The summed E-state index contributed by atoms with van der Waals surface area (Å²) in [5.41, 5.74) is 5.63. The predicted molar refractivity (Wildman–Crippen MR) is 71.1 cm³/mol. The molecule has 3 N–H and O–H groups in total. The Morgan fingerprint density at radius 3 is 2.83 bits per heavy atom. The minimum Gasteiger partial charge on any atom is -0.375 e. The Bertz CT molecular complexity index is 304. The molecule has 0 aromatic rings. The van der Waals surface area contributed by atoms with E-state index >= 15 is 0 Å². The van der Waals surface area contributed by atoms with Crippen LogP contribution < -0.4 is 11.1 Å². The van der Waals surface area contributed by atoms with Gasteiger partial charge in [-0.15, -0.1) is 0 Å². The minimum absolute atomic E-state index is 0.112. The van der Waals surface area contributed by atoms with Crippen LogP contribution in [0.4, 0.5) is 0 Å². The van der Waals surface area contributed by atoms with E-state index in [1.165, 1.54) is 0 Å². The van der Waals surface area contributed by atoms with E-state index in [2.05, 4.69) is 19.2 Å². The van der Waals surface area contributed by atoms with Gasteiger partial charge in [0, 0.05) is 18.6 Å². The summed E-state index contributed by atoms with van der Waals surface area (Å²) in [4.78, 5) is 12.3. The molecular weight excluding hydrogens is 228 g/mol. The Hall–Kier alpha value is -0.610. The van der Waals surface area contributed by atoms with Crippen LogP contribution >= 0.6 is 0 Å². The third kappa shape index (κ3) is 3.23. The van der Waals surface area contributed by atoms with E-state index in [9.17, 15) is 4.79 Å². The normalized spacial score (nSPS) is 35.4. The Morgan fingerprint density at radius 1 is 1.39 bits per heavy atom. The molecule has 1 aliphatic heterocycles. The number of amides is 1. The average molecular weight is 254 g/mol. The molecule has 0 aromatic heterocycles. The molecule has 1 aliphatic carbocycles. The van der Waals surface area contributed by atoms with Crippen molar-refractivity contribution in [3.05, 3.63) is 0 Å². The van der Waals surface area contributed by atoms with E-state index in [0.29, 0.717) is 12.5 Å². The molecule has 0 radical (unpaired) electrons. The molecule has 3 atom stereocenters. The van der Waals surface area contributed by atoms with Gasteiger partial charge in [-0.2, -0.15) is 0 Å². The molecular formula is C14H26N2O2. The summed E-state index contributed by atoms with van der Waals surface area (Å²) in [5.74, 6) is 0.740. The molecule has 0 bridgehead atoms. The van der Waals surface area contributed by atoms with E-state index in [4.69, 9.17) is 10.5 Å². The fourth-order valence-electron chi connectivity index (χ4n) is 3.33. The molecule has 0 aromatic carbocycles. The van der Waals surface area contributed by atoms with Gasteiger partial charge in [0.05, 0.1) is 5.60 Å². The summed E-state index contributed by atoms with van der Waals surface area (Å²) in [6, 6.07) is 0.264. The standard InChI is InChI=1S/C14H26N2O2/c1-14(2)8-11(6-7-18-14)16-13(17)12-5-3-4-10(12)9-15/h10-12H,3-9,15H2,1-2H3,(H,16,17). The lowest BCUT2D eigenvalue weighted by atomic mass is 9.91. The zero-order valence-electron chi connectivity index (χ0n) is 11.6. The molecule has 1 heterocycles. The van der Waals surface area contributed by atoms with Gasteiger partial charge in [-0.05, 0) is 52.0 Å². The smallest absolute Gasteiger partial charge is 0.223 e. The lowest BCUT2D eigenvalue weighted by Crippen LogP contribution is -2.48. The van der Waals surface area contributed by atoms with Gasteiger partial charge < -0.3 is 15.8 Å². The van der Waals surface area contributed by atoms with Crippen LogP contribution in [0.2, 0.25) is 0 Å². The molecule has 2 rings (SSSR count). The molecule has 4 nitrogen and oxygen atoms in total. The summed E-state index contributed by atoms with van der Waals surface area (Å²) in [6.45, 7) is 5.55. The quantitative estimate of drug-likeness (QED) is 0.801. The largest absolute Gasteiger partial charge is 0.375 e. The maximum atomic E-state index is 12.3. The van der Waals surface area contributed by atoms with Gasteiger partial charge in [-0.1, -0.05) is 6.42 Å². The second-order valence-corrected chi connectivity index (χ2v) is 6.34. The summed E-state index contributed by atoms with van der Waals surface area (Å²) >= 11 is 0. The molecule has 1 saturated carbocycles. The zero-order valence-corrected chi connectivity index (χ0v) is 11.6. The summed E-state index contributed by atoms with van der Waals surface area (Å²) in [5, 5.41) is 3.21. The fourth-order valence-corrected chi connectivity index (χ4v) is 3.33. The third-order valence-corrected chi connectivity index (χ3v) is 4.34. The van der Waals surface area contributed by atoms with E-state index < -0.39 is 0 Å². The Morgan fingerprint density at radius 2 is 2.17 bits per heavy atom. The van der Waals surface area contributed by atoms with Crippen molar-refractivity contribution in [2.24, 2.45) is 17.6 Å².